The molecule has 9 nitrogen and oxygen atoms in total. The quantitative estimate of drug-likeness (QED) is 0.673. The molecule has 3 aromatic rings. The van der Waals surface area contributed by atoms with Gasteiger partial charge in [-0.05, 0) is 24.7 Å². The Hall–Kier alpha value is -2.62. The Balaban J connectivity index is 1.74. The number of fused-ring (bicyclic) bond motifs is 1. The van der Waals surface area contributed by atoms with Crippen molar-refractivity contribution in [1.29, 1.82) is 0 Å². The number of likely N-dealkylation sites (N-methyl/N-ethyl adjacent to an activating group) is 1. The number of hydrogen-bond acceptors (Lipinski definition) is 6. The zero-order valence-corrected chi connectivity index (χ0v) is 17.5. The molecule has 1 saturated heterocycles. The zero-order chi connectivity index (χ0) is 20.7. The lowest BCUT2D eigenvalue weighted by Crippen LogP contribution is -2.47. The van der Waals surface area contributed by atoms with Crippen LogP contribution in [0.25, 0.3) is 11.2 Å². The monoisotopic (exact) mass is 417 g/mol. The first-order chi connectivity index (χ1) is 13.8. The molecule has 0 saturated carbocycles. The Morgan fingerprint density at radius 1 is 1.00 bits per heavy atom. The molecule has 1 aliphatic rings. The van der Waals surface area contributed by atoms with Crippen LogP contribution in [0.15, 0.2) is 33.9 Å². The van der Waals surface area contributed by atoms with Crippen molar-refractivity contribution in [2.45, 2.75) is 6.54 Å². The third kappa shape index (κ3) is 3.68. The highest BCUT2D eigenvalue weighted by atomic mass is 35.5. The van der Waals surface area contributed by atoms with E-state index in [0.717, 1.165) is 31.7 Å². The van der Waals surface area contributed by atoms with Gasteiger partial charge < -0.3 is 9.47 Å². The number of aromatic nitrogens is 4. The average molecular weight is 418 g/mol. The number of halogens is 1. The standard InChI is InChI=1S/C19H24ClN7O2/c1-23-8-10-26(11-9-23)22-18-21-16-15(24(18)2)17(28)27(19(29)25(16)3)12-13-4-6-14(20)7-5-13/h4-7H,8-12H2,1-3H3,(H,21,22). The summed E-state index contributed by atoms with van der Waals surface area (Å²) in [5.74, 6) is 0.542. The van der Waals surface area contributed by atoms with E-state index < -0.39 is 5.69 Å². The van der Waals surface area contributed by atoms with E-state index in [9.17, 15) is 9.59 Å². The molecule has 0 radical (unpaired) electrons. The highest BCUT2D eigenvalue weighted by Crippen LogP contribution is 2.15. The first-order valence-electron chi connectivity index (χ1n) is 9.46. The van der Waals surface area contributed by atoms with Crippen molar-refractivity contribution < 1.29 is 0 Å². The molecule has 10 heteroatoms. The van der Waals surface area contributed by atoms with Gasteiger partial charge in [0.15, 0.2) is 11.2 Å². The third-order valence-electron chi connectivity index (χ3n) is 5.38. The molecule has 0 unspecified atom stereocenters. The van der Waals surface area contributed by atoms with E-state index in [1.165, 1.54) is 9.13 Å². The molecule has 1 fully saturated rings. The number of anilines is 1. The van der Waals surface area contributed by atoms with Crippen LogP contribution in [-0.4, -0.2) is 61.8 Å². The van der Waals surface area contributed by atoms with Crippen LogP contribution in [-0.2, 0) is 20.6 Å². The summed E-state index contributed by atoms with van der Waals surface area (Å²) in [5.41, 5.74) is 4.10. The molecule has 0 spiro atoms. The number of aryl methyl sites for hydroxylation is 2. The summed E-state index contributed by atoms with van der Waals surface area (Å²) >= 11 is 5.93. The van der Waals surface area contributed by atoms with Crippen LogP contribution >= 0.6 is 11.6 Å². The molecule has 1 N–H and O–H groups in total. The number of rotatable bonds is 4. The van der Waals surface area contributed by atoms with Crippen LogP contribution in [0.1, 0.15) is 5.56 Å². The predicted molar refractivity (Wildman–Crippen MR) is 113 cm³/mol. The van der Waals surface area contributed by atoms with Crippen molar-refractivity contribution >= 4 is 28.7 Å². The van der Waals surface area contributed by atoms with Crippen LogP contribution in [0, 0.1) is 0 Å². The number of hydrazine groups is 1. The third-order valence-corrected chi connectivity index (χ3v) is 5.63. The van der Waals surface area contributed by atoms with Gasteiger partial charge in [0.05, 0.1) is 6.54 Å². The lowest BCUT2D eigenvalue weighted by molar-refractivity contribution is 0.177. The van der Waals surface area contributed by atoms with E-state index in [-0.39, 0.29) is 12.1 Å². The fraction of sp³-hybridized carbons (Fsp3) is 0.421. The predicted octanol–water partition coefficient (Wildman–Crippen LogP) is 0.710. The minimum Gasteiger partial charge on any atom is -0.306 e. The first-order valence-corrected chi connectivity index (χ1v) is 9.84. The summed E-state index contributed by atoms with van der Waals surface area (Å²) < 4.78 is 4.36. The van der Waals surface area contributed by atoms with Crippen molar-refractivity contribution in [2.24, 2.45) is 14.1 Å². The van der Waals surface area contributed by atoms with E-state index >= 15 is 0 Å². The lowest BCUT2D eigenvalue weighted by atomic mass is 10.2. The summed E-state index contributed by atoms with van der Waals surface area (Å²) in [6.45, 7) is 3.76. The molecule has 2 aromatic heterocycles. The SMILES string of the molecule is CN1CCN(Nc2nc3c(c(=O)n(Cc4ccc(Cl)cc4)c(=O)n3C)n2C)CC1. The highest BCUT2D eigenvalue weighted by molar-refractivity contribution is 6.30. The second-order valence-corrected chi connectivity index (χ2v) is 7.86. The first kappa shape index (κ1) is 19.7. The van der Waals surface area contributed by atoms with Crippen LogP contribution in [0.3, 0.4) is 0 Å². The Morgan fingerprint density at radius 3 is 2.31 bits per heavy atom. The van der Waals surface area contributed by atoms with Crippen molar-refractivity contribution in [3.05, 3.63) is 55.7 Å². The van der Waals surface area contributed by atoms with Crippen molar-refractivity contribution in [3.63, 3.8) is 0 Å². The van der Waals surface area contributed by atoms with Gasteiger partial charge in [-0.3, -0.25) is 19.4 Å². The van der Waals surface area contributed by atoms with Gasteiger partial charge >= 0.3 is 5.69 Å². The molecule has 1 aliphatic heterocycles. The second kappa shape index (κ2) is 7.66. The van der Waals surface area contributed by atoms with E-state index in [1.807, 2.05) is 12.1 Å². The van der Waals surface area contributed by atoms with Gasteiger partial charge in [-0.2, -0.15) is 4.98 Å². The number of hydrogen-bond donors (Lipinski definition) is 1. The minimum absolute atomic E-state index is 0.172. The minimum atomic E-state index is -0.401. The zero-order valence-electron chi connectivity index (χ0n) is 16.7. The maximum atomic E-state index is 13.2. The van der Waals surface area contributed by atoms with Gasteiger partial charge in [-0.25, -0.2) is 9.80 Å². The number of nitrogens with one attached hydrogen (secondary N) is 1. The lowest BCUT2D eigenvalue weighted by Gasteiger charge is -2.32. The number of benzene rings is 1. The van der Waals surface area contributed by atoms with Crippen molar-refractivity contribution in [3.8, 4) is 0 Å². The van der Waals surface area contributed by atoms with Crippen LogP contribution in [0.2, 0.25) is 5.02 Å². The van der Waals surface area contributed by atoms with Gasteiger partial charge in [0.1, 0.15) is 0 Å². The van der Waals surface area contributed by atoms with Crippen LogP contribution in [0.4, 0.5) is 5.95 Å². The topological polar surface area (TPSA) is 80.3 Å². The smallest absolute Gasteiger partial charge is 0.306 e. The number of imidazole rings is 1. The summed E-state index contributed by atoms with van der Waals surface area (Å²) in [6, 6.07) is 7.10. The van der Waals surface area contributed by atoms with Gasteiger partial charge in [0.2, 0.25) is 5.95 Å². The molecular formula is C19H24ClN7O2. The highest BCUT2D eigenvalue weighted by Gasteiger charge is 2.21. The number of piperazine rings is 1. The Morgan fingerprint density at radius 2 is 1.66 bits per heavy atom. The molecule has 3 heterocycles. The molecule has 0 aliphatic carbocycles. The van der Waals surface area contributed by atoms with Gasteiger partial charge in [0.25, 0.3) is 5.56 Å². The molecule has 0 bridgehead atoms. The number of nitrogens with zero attached hydrogens (tertiary/aromatic N) is 6. The van der Waals surface area contributed by atoms with E-state index in [0.29, 0.717) is 22.1 Å². The molecule has 0 atom stereocenters. The van der Waals surface area contributed by atoms with Crippen LogP contribution < -0.4 is 16.7 Å². The second-order valence-electron chi connectivity index (χ2n) is 7.43. The average Bonchev–Trinajstić information content (AvgIpc) is 3.03. The Labute approximate surface area is 172 Å². The summed E-state index contributed by atoms with van der Waals surface area (Å²) in [7, 11) is 5.51. The Bertz CT molecular complexity index is 1150. The summed E-state index contributed by atoms with van der Waals surface area (Å²) in [6.07, 6.45) is 0. The molecule has 29 heavy (non-hydrogen) atoms. The maximum Gasteiger partial charge on any atom is 0.332 e. The summed E-state index contributed by atoms with van der Waals surface area (Å²) in [4.78, 5) is 32.8. The van der Waals surface area contributed by atoms with Gasteiger partial charge in [-0.1, -0.05) is 23.7 Å². The van der Waals surface area contributed by atoms with Crippen molar-refractivity contribution in [2.75, 3.05) is 38.7 Å². The largest absolute Gasteiger partial charge is 0.332 e. The molecule has 1 aromatic carbocycles. The fourth-order valence-electron chi connectivity index (χ4n) is 3.51. The van der Waals surface area contributed by atoms with Gasteiger partial charge in [-0.15, -0.1) is 0 Å². The maximum absolute atomic E-state index is 13.2. The van der Waals surface area contributed by atoms with Crippen molar-refractivity contribution in [1.82, 2.24) is 28.6 Å². The van der Waals surface area contributed by atoms with Crippen LogP contribution in [0.5, 0.6) is 0 Å². The normalized spacial score (nSPS) is 15.9. The van der Waals surface area contributed by atoms with E-state index in [1.54, 1.807) is 30.8 Å². The molecule has 4 rings (SSSR count). The molecular weight excluding hydrogens is 394 g/mol. The fourth-order valence-corrected chi connectivity index (χ4v) is 3.64. The van der Waals surface area contributed by atoms with E-state index in [2.05, 4.69) is 27.4 Å². The molecule has 0 amide bonds. The Kier molecular flexibility index (Phi) is 5.20. The van der Waals surface area contributed by atoms with E-state index in [4.69, 9.17) is 11.6 Å². The van der Waals surface area contributed by atoms with Gasteiger partial charge in [0, 0.05) is 45.3 Å². The summed E-state index contributed by atoms with van der Waals surface area (Å²) in [5, 5.41) is 2.68. The molecule has 154 valence electrons.